The molecular formula is C13H15Br2FO2. The van der Waals surface area contributed by atoms with Crippen molar-refractivity contribution in [3.8, 4) is 5.75 Å². The van der Waals surface area contributed by atoms with Crippen LogP contribution < -0.4 is 4.74 Å². The van der Waals surface area contributed by atoms with E-state index in [1.165, 1.54) is 6.07 Å². The molecule has 100 valence electrons. The topological polar surface area (TPSA) is 18.5 Å². The molecule has 1 saturated heterocycles. The third kappa shape index (κ3) is 3.45. The molecule has 5 heteroatoms. The normalized spacial score (nSPS) is 18.6. The Morgan fingerprint density at radius 1 is 1.33 bits per heavy atom. The summed E-state index contributed by atoms with van der Waals surface area (Å²) in [6.45, 7) is 2.18. The van der Waals surface area contributed by atoms with Gasteiger partial charge in [-0.15, -0.1) is 0 Å². The van der Waals surface area contributed by atoms with Crippen molar-refractivity contribution in [1.29, 1.82) is 0 Å². The molecule has 0 amide bonds. The summed E-state index contributed by atoms with van der Waals surface area (Å²) in [5, 5.41) is 0.895. The van der Waals surface area contributed by atoms with E-state index in [0.717, 1.165) is 31.4 Å². The second-order valence-electron chi connectivity index (χ2n) is 4.61. The first-order chi connectivity index (χ1) is 8.65. The van der Waals surface area contributed by atoms with Gasteiger partial charge in [0.2, 0.25) is 0 Å². The molecule has 1 heterocycles. The van der Waals surface area contributed by atoms with Crippen LogP contribution in [0, 0.1) is 11.2 Å². The Morgan fingerprint density at radius 2 is 2.06 bits per heavy atom. The van der Waals surface area contributed by atoms with Crippen LogP contribution in [0.4, 0.5) is 4.39 Å². The van der Waals surface area contributed by atoms with Crippen molar-refractivity contribution in [3.05, 3.63) is 28.5 Å². The highest BCUT2D eigenvalue weighted by Crippen LogP contribution is 2.33. The maximum Gasteiger partial charge on any atom is 0.137 e. The Kier molecular flexibility index (Phi) is 5.04. The van der Waals surface area contributed by atoms with E-state index in [0.29, 0.717) is 16.8 Å². The summed E-state index contributed by atoms with van der Waals surface area (Å²) in [4.78, 5) is 0. The van der Waals surface area contributed by atoms with Crippen molar-refractivity contribution in [3.63, 3.8) is 0 Å². The van der Waals surface area contributed by atoms with Crippen LogP contribution >= 0.6 is 31.9 Å². The van der Waals surface area contributed by atoms with Gasteiger partial charge in [0.05, 0.1) is 11.1 Å². The number of halogens is 3. The molecule has 0 saturated carbocycles. The summed E-state index contributed by atoms with van der Waals surface area (Å²) >= 11 is 6.72. The zero-order valence-corrected chi connectivity index (χ0v) is 13.1. The van der Waals surface area contributed by atoms with Crippen LogP contribution in [0.25, 0.3) is 0 Å². The Hall–Kier alpha value is -0.130. The van der Waals surface area contributed by atoms with Crippen molar-refractivity contribution in [2.24, 2.45) is 5.41 Å². The minimum Gasteiger partial charge on any atom is -0.493 e. The van der Waals surface area contributed by atoms with Gasteiger partial charge in [0.25, 0.3) is 0 Å². The lowest BCUT2D eigenvalue weighted by Gasteiger charge is -2.35. The number of hydrogen-bond acceptors (Lipinski definition) is 2. The Bertz CT molecular complexity index is 406. The number of hydrogen-bond donors (Lipinski definition) is 0. The van der Waals surface area contributed by atoms with Crippen LogP contribution in [-0.4, -0.2) is 25.2 Å². The Labute approximate surface area is 123 Å². The molecule has 0 bridgehead atoms. The van der Waals surface area contributed by atoms with Gasteiger partial charge in [0, 0.05) is 24.0 Å². The predicted molar refractivity (Wildman–Crippen MR) is 75.9 cm³/mol. The largest absolute Gasteiger partial charge is 0.493 e. The third-order valence-electron chi connectivity index (χ3n) is 3.27. The summed E-state index contributed by atoms with van der Waals surface area (Å²) < 4.78 is 24.7. The Morgan fingerprint density at radius 3 is 2.67 bits per heavy atom. The van der Waals surface area contributed by atoms with Crippen LogP contribution in [0.1, 0.15) is 12.8 Å². The Balaban J connectivity index is 1.98. The molecule has 1 aliphatic rings. The van der Waals surface area contributed by atoms with Gasteiger partial charge in [-0.1, -0.05) is 15.9 Å². The van der Waals surface area contributed by atoms with Gasteiger partial charge in [0.1, 0.15) is 11.6 Å². The van der Waals surface area contributed by atoms with Gasteiger partial charge in [-0.05, 0) is 47.0 Å². The monoisotopic (exact) mass is 380 g/mol. The highest BCUT2D eigenvalue weighted by atomic mass is 79.9. The first-order valence-corrected chi connectivity index (χ1v) is 7.78. The molecule has 0 radical (unpaired) electrons. The molecule has 1 fully saturated rings. The maximum atomic E-state index is 13.1. The highest BCUT2D eigenvalue weighted by Gasteiger charge is 2.32. The molecule has 1 aliphatic heterocycles. The van der Waals surface area contributed by atoms with Gasteiger partial charge in [-0.25, -0.2) is 4.39 Å². The van der Waals surface area contributed by atoms with Crippen LogP contribution in [-0.2, 0) is 4.74 Å². The lowest BCUT2D eigenvalue weighted by Crippen LogP contribution is -2.36. The molecule has 2 rings (SSSR count). The van der Waals surface area contributed by atoms with Gasteiger partial charge < -0.3 is 9.47 Å². The lowest BCUT2D eigenvalue weighted by atomic mass is 9.83. The second kappa shape index (κ2) is 6.35. The summed E-state index contributed by atoms with van der Waals surface area (Å²) in [6, 6.07) is 4.72. The average Bonchev–Trinajstić information content (AvgIpc) is 2.41. The minimum atomic E-state index is -0.274. The van der Waals surface area contributed by atoms with Gasteiger partial charge >= 0.3 is 0 Å². The zero-order chi connectivity index (χ0) is 13.0. The number of benzene rings is 1. The van der Waals surface area contributed by atoms with E-state index < -0.39 is 0 Å². The molecule has 0 N–H and O–H groups in total. The second-order valence-corrected chi connectivity index (χ2v) is 6.03. The number of ether oxygens (including phenoxy) is 2. The van der Waals surface area contributed by atoms with E-state index in [-0.39, 0.29) is 11.2 Å². The number of rotatable bonds is 4. The summed E-state index contributed by atoms with van der Waals surface area (Å²) in [5.41, 5.74) is 0.124. The standard InChI is InChI=1S/C13H15Br2FO2/c14-8-13(3-5-17-6-4-13)9-18-10-1-2-12(16)11(15)7-10/h1-2,7H,3-6,8-9H2. The van der Waals surface area contributed by atoms with Crippen molar-refractivity contribution in [2.45, 2.75) is 12.8 Å². The van der Waals surface area contributed by atoms with Crippen LogP contribution in [0.5, 0.6) is 5.75 Å². The summed E-state index contributed by atoms with van der Waals surface area (Å²) in [5.74, 6) is 0.415. The van der Waals surface area contributed by atoms with E-state index in [1.807, 2.05) is 0 Å². The molecule has 1 aromatic rings. The quantitative estimate of drug-likeness (QED) is 0.729. The fourth-order valence-electron chi connectivity index (χ4n) is 1.92. The van der Waals surface area contributed by atoms with Gasteiger partial charge in [-0.2, -0.15) is 0 Å². The van der Waals surface area contributed by atoms with E-state index in [2.05, 4.69) is 31.9 Å². The molecular weight excluding hydrogens is 367 g/mol. The first-order valence-electron chi connectivity index (χ1n) is 5.87. The van der Waals surface area contributed by atoms with E-state index in [9.17, 15) is 4.39 Å². The average molecular weight is 382 g/mol. The van der Waals surface area contributed by atoms with Crippen molar-refractivity contribution < 1.29 is 13.9 Å². The zero-order valence-electron chi connectivity index (χ0n) is 9.93. The lowest BCUT2D eigenvalue weighted by molar-refractivity contribution is 0.00352. The molecule has 0 aromatic heterocycles. The predicted octanol–water partition coefficient (Wildman–Crippen LogP) is 4.16. The van der Waals surface area contributed by atoms with Crippen molar-refractivity contribution in [2.75, 3.05) is 25.2 Å². The maximum absolute atomic E-state index is 13.1. The smallest absolute Gasteiger partial charge is 0.137 e. The summed E-state index contributed by atoms with van der Waals surface area (Å²) in [6.07, 6.45) is 1.97. The molecule has 0 aliphatic carbocycles. The molecule has 0 spiro atoms. The van der Waals surface area contributed by atoms with Gasteiger partial charge in [-0.3, -0.25) is 0 Å². The van der Waals surface area contributed by atoms with E-state index in [1.54, 1.807) is 12.1 Å². The molecule has 2 nitrogen and oxygen atoms in total. The summed E-state index contributed by atoms with van der Waals surface area (Å²) in [7, 11) is 0. The van der Waals surface area contributed by atoms with Crippen molar-refractivity contribution in [1.82, 2.24) is 0 Å². The van der Waals surface area contributed by atoms with Crippen LogP contribution in [0.15, 0.2) is 22.7 Å². The van der Waals surface area contributed by atoms with E-state index >= 15 is 0 Å². The van der Waals surface area contributed by atoms with Gasteiger partial charge in [0.15, 0.2) is 0 Å². The fraction of sp³-hybridized carbons (Fsp3) is 0.538. The first kappa shape index (κ1) is 14.3. The highest BCUT2D eigenvalue weighted by molar-refractivity contribution is 9.10. The van der Waals surface area contributed by atoms with E-state index in [4.69, 9.17) is 9.47 Å². The molecule has 18 heavy (non-hydrogen) atoms. The molecule has 0 atom stereocenters. The SMILES string of the molecule is Fc1ccc(OCC2(CBr)CCOCC2)cc1Br. The van der Waals surface area contributed by atoms with Crippen molar-refractivity contribution >= 4 is 31.9 Å². The fourth-order valence-corrected chi connectivity index (χ4v) is 3.00. The number of alkyl halides is 1. The third-order valence-corrected chi connectivity index (χ3v) is 5.07. The molecule has 1 aromatic carbocycles. The van der Waals surface area contributed by atoms with Crippen LogP contribution in [0.2, 0.25) is 0 Å². The van der Waals surface area contributed by atoms with Crippen LogP contribution in [0.3, 0.4) is 0 Å². The molecule has 0 unspecified atom stereocenters. The minimum absolute atomic E-state index is 0.124.